The summed E-state index contributed by atoms with van der Waals surface area (Å²) in [5.74, 6) is 1.35. The third kappa shape index (κ3) is 9.91. The molecule has 4 heteroatoms. The molecule has 3 aromatic rings. The Balaban J connectivity index is 1.48. The minimum Gasteiger partial charge on any atom is -0.493 e. The highest BCUT2D eigenvalue weighted by Gasteiger charge is 2.11. The number of aryl methyl sites for hydroxylation is 1. The summed E-state index contributed by atoms with van der Waals surface area (Å²) in [7, 11) is 0. The number of benzene rings is 2. The molecule has 3 rings (SSSR count). The van der Waals surface area contributed by atoms with Gasteiger partial charge in [-0.2, -0.15) is 0 Å². The number of aromatic nitrogens is 2. The van der Waals surface area contributed by atoms with Crippen LogP contribution >= 0.6 is 0 Å². The molecule has 2 aromatic carbocycles. The lowest BCUT2D eigenvalue weighted by molar-refractivity contribution is 0.297. The van der Waals surface area contributed by atoms with E-state index in [2.05, 4.69) is 55.0 Å². The Morgan fingerprint density at radius 2 is 1.49 bits per heavy atom. The second-order valence-electron chi connectivity index (χ2n) is 10.4. The largest absolute Gasteiger partial charge is 0.493 e. The van der Waals surface area contributed by atoms with E-state index in [0.29, 0.717) is 23.7 Å². The molecule has 1 aromatic heterocycles. The number of halogens is 1. The van der Waals surface area contributed by atoms with E-state index in [1.54, 1.807) is 24.5 Å². The third-order valence-corrected chi connectivity index (χ3v) is 7.08. The first-order valence-corrected chi connectivity index (χ1v) is 14.4. The smallest absolute Gasteiger partial charge is 0.162 e. The molecule has 0 N–H and O–H groups in total. The van der Waals surface area contributed by atoms with Gasteiger partial charge in [0.2, 0.25) is 0 Å². The Kier molecular flexibility index (Phi) is 12.6. The van der Waals surface area contributed by atoms with Gasteiger partial charge in [-0.1, -0.05) is 96.4 Å². The molecule has 0 saturated carbocycles. The maximum Gasteiger partial charge on any atom is 0.162 e. The second kappa shape index (κ2) is 16.2. The van der Waals surface area contributed by atoms with Gasteiger partial charge in [-0.05, 0) is 54.9 Å². The van der Waals surface area contributed by atoms with Crippen LogP contribution in [0.2, 0.25) is 0 Å². The van der Waals surface area contributed by atoms with Gasteiger partial charge in [0, 0.05) is 24.0 Å². The molecule has 37 heavy (non-hydrogen) atoms. The van der Waals surface area contributed by atoms with Crippen molar-refractivity contribution in [2.45, 2.75) is 97.8 Å². The first-order valence-electron chi connectivity index (χ1n) is 14.4. The van der Waals surface area contributed by atoms with E-state index in [9.17, 15) is 4.39 Å². The number of hydrogen-bond donors (Lipinski definition) is 0. The predicted octanol–water partition coefficient (Wildman–Crippen LogP) is 9.84. The van der Waals surface area contributed by atoms with Gasteiger partial charge in [-0.15, -0.1) is 0 Å². The monoisotopic (exact) mass is 504 g/mol. The normalized spacial score (nSPS) is 12.0. The van der Waals surface area contributed by atoms with E-state index >= 15 is 0 Å². The minimum atomic E-state index is -0.360. The number of unbranched alkanes of at least 4 members (excludes halogenated alkanes) is 6. The van der Waals surface area contributed by atoms with Crippen LogP contribution in [0.5, 0.6) is 5.75 Å². The molecule has 0 spiro atoms. The minimum absolute atomic E-state index is 0.360. The molecule has 0 saturated heterocycles. The molecule has 3 nitrogen and oxygen atoms in total. The van der Waals surface area contributed by atoms with Gasteiger partial charge < -0.3 is 4.74 Å². The molecule has 0 aliphatic heterocycles. The van der Waals surface area contributed by atoms with Crippen LogP contribution in [0.3, 0.4) is 0 Å². The van der Waals surface area contributed by atoms with Gasteiger partial charge in [-0.3, -0.25) is 0 Å². The summed E-state index contributed by atoms with van der Waals surface area (Å²) in [4.78, 5) is 8.90. The first-order chi connectivity index (χ1) is 18.1. The first kappa shape index (κ1) is 28.8. The topological polar surface area (TPSA) is 35.0 Å². The lowest BCUT2D eigenvalue weighted by Gasteiger charge is -2.11. The molecule has 0 amide bonds. The Labute approximate surface area is 223 Å². The molecule has 0 radical (unpaired) electrons. The van der Waals surface area contributed by atoms with E-state index in [0.717, 1.165) is 36.3 Å². The summed E-state index contributed by atoms with van der Waals surface area (Å²) in [6.45, 7) is 7.40. The van der Waals surface area contributed by atoms with Crippen molar-refractivity contribution in [3.8, 4) is 28.3 Å². The predicted molar refractivity (Wildman–Crippen MR) is 153 cm³/mol. The molecule has 0 aliphatic rings. The molecule has 200 valence electrons. The van der Waals surface area contributed by atoms with Gasteiger partial charge in [0.15, 0.2) is 5.82 Å². The van der Waals surface area contributed by atoms with Crippen LogP contribution in [0.25, 0.3) is 22.5 Å². The van der Waals surface area contributed by atoms with Crippen LogP contribution < -0.4 is 4.74 Å². The molecule has 1 unspecified atom stereocenters. The lowest BCUT2D eigenvalue weighted by atomic mass is 9.99. The van der Waals surface area contributed by atoms with E-state index in [-0.39, 0.29) is 5.82 Å². The molecular formula is C33H45FN2O. The standard InChI is InChI=1S/C33H45FN2O/c1-4-6-7-8-9-10-15-27-16-18-28(19-17-27)29-24-35-33(36-25-29)31-21-20-30(23-32(31)34)37-22-12-11-14-26(3)13-5-2/h16-21,23-26H,4-15,22H2,1-3H3. The summed E-state index contributed by atoms with van der Waals surface area (Å²) in [6.07, 6.45) is 18.4. The van der Waals surface area contributed by atoms with Gasteiger partial charge in [0.05, 0.1) is 12.2 Å². The third-order valence-electron chi connectivity index (χ3n) is 7.08. The summed E-state index contributed by atoms with van der Waals surface area (Å²) in [5.41, 5.74) is 3.77. The maximum absolute atomic E-state index is 14.8. The zero-order chi connectivity index (χ0) is 26.3. The van der Waals surface area contributed by atoms with Gasteiger partial charge in [0.1, 0.15) is 11.6 Å². The molecule has 0 aliphatic carbocycles. The van der Waals surface area contributed by atoms with Crippen molar-refractivity contribution >= 4 is 0 Å². The maximum atomic E-state index is 14.8. The van der Waals surface area contributed by atoms with Crippen molar-refractivity contribution in [2.75, 3.05) is 6.61 Å². The number of ether oxygens (including phenoxy) is 1. The van der Waals surface area contributed by atoms with Crippen molar-refractivity contribution in [3.63, 3.8) is 0 Å². The summed E-state index contributed by atoms with van der Waals surface area (Å²) < 4.78 is 20.6. The van der Waals surface area contributed by atoms with Crippen molar-refractivity contribution in [1.82, 2.24) is 9.97 Å². The fourth-order valence-electron chi connectivity index (χ4n) is 4.78. The van der Waals surface area contributed by atoms with Crippen molar-refractivity contribution < 1.29 is 9.13 Å². The van der Waals surface area contributed by atoms with Crippen molar-refractivity contribution in [3.05, 3.63) is 66.2 Å². The van der Waals surface area contributed by atoms with E-state index in [1.807, 2.05) is 0 Å². The van der Waals surface area contributed by atoms with Crippen LogP contribution in [0.15, 0.2) is 54.9 Å². The fraction of sp³-hybridized carbons (Fsp3) is 0.515. The molecular weight excluding hydrogens is 459 g/mol. The Morgan fingerprint density at radius 1 is 0.757 bits per heavy atom. The van der Waals surface area contributed by atoms with Gasteiger partial charge in [-0.25, -0.2) is 14.4 Å². The molecule has 1 atom stereocenters. The van der Waals surface area contributed by atoms with Crippen LogP contribution in [-0.2, 0) is 6.42 Å². The summed E-state index contributed by atoms with van der Waals surface area (Å²) in [6, 6.07) is 13.6. The lowest BCUT2D eigenvalue weighted by Crippen LogP contribution is -2.01. The summed E-state index contributed by atoms with van der Waals surface area (Å²) in [5, 5.41) is 0. The van der Waals surface area contributed by atoms with Gasteiger partial charge in [0.25, 0.3) is 0 Å². The number of rotatable bonds is 17. The Bertz CT molecular complexity index is 1030. The second-order valence-corrected chi connectivity index (χ2v) is 10.4. The number of nitrogens with zero attached hydrogens (tertiary/aromatic N) is 2. The zero-order valence-electron chi connectivity index (χ0n) is 23.1. The van der Waals surface area contributed by atoms with Gasteiger partial charge >= 0.3 is 0 Å². The average Bonchev–Trinajstić information content (AvgIpc) is 2.91. The highest BCUT2D eigenvalue weighted by molar-refractivity contribution is 5.64. The SMILES string of the molecule is CCCCCCCCc1ccc(-c2cnc(-c3ccc(OCCCCC(C)CCC)cc3F)nc2)cc1. The van der Waals surface area contributed by atoms with Crippen LogP contribution in [0.1, 0.15) is 97.0 Å². The van der Waals surface area contributed by atoms with E-state index in [4.69, 9.17) is 4.74 Å². The Morgan fingerprint density at radius 3 is 2.19 bits per heavy atom. The van der Waals surface area contributed by atoms with Crippen molar-refractivity contribution in [1.29, 1.82) is 0 Å². The highest BCUT2D eigenvalue weighted by atomic mass is 19.1. The zero-order valence-corrected chi connectivity index (χ0v) is 23.1. The highest BCUT2D eigenvalue weighted by Crippen LogP contribution is 2.26. The fourth-order valence-corrected chi connectivity index (χ4v) is 4.78. The molecule has 0 bridgehead atoms. The quantitative estimate of drug-likeness (QED) is 0.172. The van der Waals surface area contributed by atoms with Crippen LogP contribution in [0, 0.1) is 11.7 Å². The Hall–Kier alpha value is -2.75. The van der Waals surface area contributed by atoms with E-state index < -0.39 is 0 Å². The van der Waals surface area contributed by atoms with Crippen LogP contribution in [-0.4, -0.2) is 16.6 Å². The van der Waals surface area contributed by atoms with E-state index in [1.165, 1.54) is 69.4 Å². The molecule has 1 heterocycles. The van der Waals surface area contributed by atoms with Crippen LogP contribution in [0.4, 0.5) is 4.39 Å². The van der Waals surface area contributed by atoms with Crippen molar-refractivity contribution in [2.24, 2.45) is 5.92 Å². The average molecular weight is 505 g/mol. The number of hydrogen-bond acceptors (Lipinski definition) is 3. The summed E-state index contributed by atoms with van der Waals surface area (Å²) >= 11 is 0. The molecule has 0 fully saturated rings.